The molecule has 84 valence electrons. The van der Waals surface area contributed by atoms with Crippen LogP contribution in [-0.4, -0.2) is 49.1 Å². The molecule has 1 rings (SSSR count). The molecule has 3 heteroatoms. The predicted molar refractivity (Wildman–Crippen MR) is 66.1 cm³/mol. The fourth-order valence-corrected chi connectivity index (χ4v) is 2.35. The molecule has 0 spiro atoms. The quantitative estimate of drug-likeness (QED) is 0.727. The van der Waals surface area contributed by atoms with Gasteiger partial charge in [-0.15, -0.1) is 0 Å². The van der Waals surface area contributed by atoms with Crippen molar-refractivity contribution in [2.75, 3.05) is 38.2 Å². The van der Waals surface area contributed by atoms with Crippen LogP contribution in [0.1, 0.15) is 20.3 Å². The number of likely N-dealkylation sites (tertiary alicyclic amines) is 1. The van der Waals surface area contributed by atoms with Crippen LogP contribution in [0.5, 0.6) is 0 Å². The van der Waals surface area contributed by atoms with Gasteiger partial charge >= 0.3 is 0 Å². The molecule has 0 saturated carbocycles. The SMILES string of the molecule is CSCCN1CCC(CNC(C)C)C1. The lowest BCUT2D eigenvalue weighted by Gasteiger charge is -2.16. The Hall–Kier alpha value is 0.270. The van der Waals surface area contributed by atoms with Gasteiger partial charge in [-0.1, -0.05) is 13.8 Å². The average Bonchev–Trinajstić information content (AvgIpc) is 2.59. The summed E-state index contributed by atoms with van der Waals surface area (Å²) in [5.41, 5.74) is 0. The molecule has 2 nitrogen and oxygen atoms in total. The molecule has 0 aromatic carbocycles. The van der Waals surface area contributed by atoms with Crippen LogP contribution in [0.15, 0.2) is 0 Å². The molecule has 1 unspecified atom stereocenters. The highest BCUT2D eigenvalue weighted by atomic mass is 32.2. The Kier molecular flexibility index (Phi) is 5.90. The monoisotopic (exact) mass is 216 g/mol. The second kappa shape index (κ2) is 6.70. The van der Waals surface area contributed by atoms with E-state index in [2.05, 4.69) is 30.3 Å². The maximum atomic E-state index is 3.53. The lowest BCUT2D eigenvalue weighted by molar-refractivity contribution is 0.339. The van der Waals surface area contributed by atoms with Crippen molar-refractivity contribution in [2.24, 2.45) is 5.92 Å². The molecule has 0 aliphatic carbocycles. The Morgan fingerprint density at radius 3 is 2.93 bits per heavy atom. The van der Waals surface area contributed by atoms with Crippen LogP contribution in [0, 0.1) is 5.92 Å². The van der Waals surface area contributed by atoms with Gasteiger partial charge in [-0.3, -0.25) is 0 Å². The topological polar surface area (TPSA) is 15.3 Å². The zero-order valence-corrected chi connectivity index (χ0v) is 10.6. The van der Waals surface area contributed by atoms with E-state index in [0.29, 0.717) is 6.04 Å². The molecule has 0 aromatic heterocycles. The summed E-state index contributed by atoms with van der Waals surface area (Å²) in [5, 5.41) is 3.53. The molecule has 0 aromatic rings. The Balaban J connectivity index is 2.08. The number of nitrogens with zero attached hydrogens (tertiary/aromatic N) is 1. The molecule has 0 amide bonds. The Morgan fingerprint density at radius 2 is 2.29 bits per heavy atom. The van der Waals surface area contributed by atoms with Gasteiger partial charge in [-0.2, -0.15) is 11.8 Å². The average molecular weight is 216 g/mol. The van der Waals surface area contributed by atoms with Crippen LogP contribution >= 0.6 is 11.8 Å². The zero-order valence-electron chi connectivity index (χ0n) is 9.75. The molecule has 1 saturated heterocycles. The summed E-state index contributed by atoms with van der Waals surface area (Å²) in [7, 11) is 0. The molecular weight excluding hydrogens is 192 g/mol. The number of hydrogen-bond donors (Lipinski definition) is 1. The van der Waals surface area contributed by atoms with Crippen LogP contribution in [-0.2, 0) is 0 Å². The molecule has 1 N–H and O–H groups in total. The van der Waals surface area contributed by atoms with Crippen molar-refractivity contribution >= 4 is 11.8 Å². The van der Waals surface area contributed by atoms with Crippen molar-refractivity contribution < 1.29 is 0 Å². The van der Waals surface area contributed by atoms with Crippen molar-refractivity contribution in [3.63, 3.8) is 0 Å². The first-order valence-corrected chi connectivity index (χ1v) is 7.06. The summed E-state index contributed by atoms with van der Waals surface area (Å²) in [6.45, 7) is 9.54. The standard InChI is InChI=1S/C11H24N2S/c1-10(2)12-8-11-4-5-13(9-11)6-7-14-3/h10-12H,4-9H2,1-3H3. The van der Waals surface area contributed by atoms with Gasteiger partial charge in [0.2, 0.25) is 0 Å². The van der Waals surface area contributed by atoms with E-state index in [1.165, 1.54) is 38.4 Å². The van der Waals surface area contributed by atoms with Crippen LogP contribution in [0.4, 0.5) is 0 Å². The summed E-state index contributed by atoms with van der Waals surface area (Å²) in [5.74, 6) is 2.17. The van der Waals surface area contributed by atoms with Gasteiger partial charge in [-0.05, 0) is 31.7 Å². The summed E-state index contributed by atoms with van der Waals surface area (Å²) in [6.07, 6.45) is 3.57. The molecule has 1 heterocycles. The molecule has 0 bridgehead atoms. The number of hydrogen-bond acceptors (Lipinski definition) is 3. The van der Waals surface area contributed by atoms with E-state index in [1.54, 1.807) is 0 Å². The van der Waals surface area contributed by atoms with Gasteiger partial charge in [0.25, 0.3) is 0 Å². The van der Waals surface area contributed by atoms with Gasteiger partial charge in [0.1, 0.15) is 0 Å². The maximum absolute atomic E-state index is 3.53. The Morgan fingerprint density at radius 1 is 1.50 bits per heavy atom. The normalized spacial score (nSPS) is 23.6. The van der Waals surface area contributed by atoms with Crippen molar-refractivity contribution in [2.45, 2.75) is 26.3 Å². The number of thioether (sulfide) groups is 1. The molecule has 0 radical (unpaired) electrons. The highest BCUT2D eigenvalue weighted by Crippen LogP contribution is 2.15. The van der Waals surface area contributed by atoms with E-state index >= 15 is 0 Å². The lowest BCUT2D eigenvalue weighted by atomic mass is 10.1. The fourth-order valence-electron chi connectivity index (χ4n) is 1.91. The highest BCUT2D eigenvalue weighted by Gasteiger charge is 2.21. The molecule has 1 atom stereocenters. The minimum Gasteiger partial charge on any atom is -0.314 e. The van der Waals surface area contributed by atoms with Gasteiger partial charge in [0.05, 0.1) is 0 Å². The molecule has 1 aliphatic rings. The van der Waals surface area contributed by atoms with Crippen LogP contribution < -0.4 is 5.32 Å². The van der Waals surface area contributed by atoms with Crippen molar-refractivity contribution in [3.8, 4) is 0 Å². The molecule has 1 fully saturated rings. The molecule has 1 aliphatic heterocycles. The third-order valence-electron chi connectivity index (χ3n) is 2.80. The first-order chi connectivity index (χ1) is 6.72. The third kappa shape index (κ3) is 4.67. The van der Waals surface area contributed by atoms with E-state index in [1.807, 2.05) is 11.8 Å². The van der Waals surface area contributed by atoms with Gasteiger partial charge in [0.15, 0.2) is 0 Å². The van der Waals surface area contributed by atoms with Crippen LogP contribution in [0.25, 0.3) is 0 Å². The van der Waals surface area contributed by atoms with E-state index in [4.69, 9.17) is 0 Å². The Labute approximate surface area is 92.8 Å². The smallest absolute Gasteiger partial charge is 0.00724 e. The fraction of sp³-hybridized carbons (Fsp3) is 1.00. The summed E-state index contributed by atoms with van der Waals surface area (Å²) < 4.78 is 0. The highest BCUT2D eigenvalue weighted by molar-refractivity contribution is 7.98. The summed E-state index contributed by atoms with van der Waals surface area (Å²) in [6, 6.07) is 0.634. The van der Waals surface area contributed by atoms with Crippen molar-refractivity contribution in [3.05, 3.63) is 0 Å². The summed E-state index contributed by atoms with van der Waals surface area (Å²) >= 11 is 1.95. The minimum atomic E-state index is 0.634. The van der Waals surface area contributed by atoms with E-state index < -0.39 is 0 Å². The number of nitrogens with one attached hydrogen (secondary N) is 1. The Bertz CT molecular complexity index is 150. The number of rotatable bonds is 6. The predicted octanol–water partition coefficient (Wildman–Crippen LogP) is 1.67. The van der Waals surface area contributed by atoms with Gasteiger partial charge in [-0.25, -0.2) is 0 Å². The van der Waals surface area contributed by atoms with Crippen LogP contribution in [0.2, 0.25) is 0 Å². The zero-order chi connectivity index (χ0) is 10.4. The molecular formula is C11H24N2S. The van der Waals surface area contributed by atoms with Gasteiger partial charge in [0, 0.05) is 24.9 Å². The largest absolute Gasteiger partial charge is 0.314 e. The lowest BCUT2D eigenvalue weighted by Crippen LogP contribution is -2.31. The second-order valence-electron chi connectivity index (χ2n) is 4.51. The first-order valence-electron chi connectivity index (χ1n) is 5.67. The van der Waals surface area contributed by atoms with E-state index in [-0.39, 0.29) is 0 Å². The maximum Gasteiger partial charge on any atom is 0.00724 e. The minimum absolute atomic E-state index is 0.634. The first kappa shape index (κ1) is 12.3. The van der Waals surface area contributed by atoms with Crippen LogP contribution in [0.3, 0.4) is 0 Å². The van der Waals surface area contributed by atoms with Gasteiger partial charge < -0.3 is 10.2 Å². The van der Waals surface area contributed by atoms with Crippen molar-refractivity contribution in [1.29, 1.82) is 0 Å². The second-order valence-corrected chi connectivity index (χ2v) is 5.50. The van der Waals surface area contributed by atoms with E-state index in [0.717, 1.165) is 5.92 Å². The van der Waals surface area contributed by atoms with Crippen molar-refractivity contribution in [1.82, 2.24) is 10.2 Å². The molecule has 14 heavy (non-hydrogen) atoms. The summed E-state index contributed by atoms with van der Waals surface area (Å²) in [4.78, 5) is 2.60. The third-order valence-corrected chi connectivity index (χ3v) is 3.39. The van der Waals surface area contributed by atoms with E-state index in [9.17, 15) is 0 Å².